The maximum atomic E-state index is 10.8. The van der Waals surface area contributed by atoms with E-state index in [1.165, 1.54) is 0 Å². The number of aliphatic carboxylic acids is 1. The standard InChI is InChI=1S/C10H10ClNO2.ClH/c11-8-3-1-2-6-5-12-9(10(13)14)4-7(6)8;/h1-3,9,12H,4-5H2,(H,13,14);1H/t9-;/m1./s1. The van der Waals surface area contributed by atoms with E-state index in [4.69, 9.17) is 16.7 Å². The summed E-state index contributed by atoms with van der Waals surface area (Å²) < 4.78 is 0. The Morgan fingerprint density at radius 3 is 2.93 bits per heavy atom. The normalized spacial score (nSPS) is 18.9. The smallest absolute Gasteiger partial charge is 0.321 e. The number of fused-ring (bicyclic) bond motifs is 1. The fourth-order valence-electron chi connectivity index (χ4n) is 1.68. The fraction of sp³-hybridized carbons (Fsp3) is 0.300. The molecule has 0 spiro atoms. The first-order chi connectivity index (χ1) is 6.68. The molecule has 0 fully saturated rings. The average Bonchev–Trinajstić information content (AvgIpc) is 2.18. The number of halogens is 2. The molecule has 3 nitrogen and oxygen atoms in total. The Labute approximate surface area is 98.8 Å². The molecular formula is C10H11Cl2NO2. The highest BCUT2D eigenvalue weighted by molar-refractivity contribution is 6.31. The van der Waals surface area contributed by atoms with Crippen LogP contribution in [0.1, 0.15) is 11.1 Å². The molecule has 0 aromatic heterocycles. The molecule has 0 unspecified atom stereocenters. The van der Waals surface area contributed by atoms with Crippen LogP contribution in [0.15, 0.2) is 18.2 Å². The molecule has 1 heterocycles. The largest absolute Gasteiger partial charge is 0.480 e. The Kier molecular flexibility index (Phi) is 3.97. The van der Waals surface area contributed by atoms with Gasteiger partial charge in [0, 0.05) is 18.0 Å². The number of nitrogens with one attached hydrogen (secondary N) is 1. The van der Waals surface area contributed by atoms with Crippen LogP contribution in [0.2, 0.25) is 5.02 Å². The summed E-state index contributed by atoms with van der Waals surface area (Å²) >= 11 is 5.99. The van der Waals surface area contributed by atoms with E-state index >= 15 is 0 Å². The zero-order chi connectivity index (χ0) is 10.1. The first-order valence-electron chi connectivity index (χ1n) is 4.41. The van der Waals surface area contributed by atoms with E-state index in [1.54, 1.807) is 6.07 Å². The summed E-state index contributed by atoms with van der Waals surface area (Å²) in [7, 11) is 0. The van der Waals surface area contributed by atoms with Crippen LogP contribution in [0.3, 0.4) is 0 Å². The van der Waals surface area contributed by atoms with Gasteiger partial charge in [0.05, 0.1) is 0 Å². The van der Waals surface area contributed by atoms with E-state index in [0.717, 1.165) is 11.1 Å². The Morgan fingerprint density at radius 2 is 2.27 bits per heavy atom. The lowest BCUT2D eigenvalue weighted by atomic mass is 9.96. The van der Waals surface area contributed by atoms with E-state index in [2.05, 4.69) is 5.32 Å². The highest BCUT2D eigenvalue weighted by atomic mass is 35.5. The van der Waals surface area contributed by atoms with Gasteiger partial charge in [-0.05, 0) is 17.2 Å². The van der Waals surface area contributed by atoms with Crippen LogP contribution in [-0.2, 0) is 17.8 Å². The lowest BCUT2D eigenvalue weighted by Gasteiger charge is -2.23. The van der Waals surface area contributed by atoms with Crippen molar-refractivity contribution in [1.82, 2.24) is 5.32 Å². The predicted molar refractivity (Wildman–Crippen MR) is 60.7 cm³/mol. The molecule has 5 heteroatoms. The number of hydrogen-bond donors (Lipinski definition) is 2. The summed E-state index contributed by atoms with van der Waals surface area (Å²) in [6.45, 7) is 0.576. The molecule has 1 aliphatic rings. The minimum absolute atomic E-state index is 0. The second-order valence-corrected chi connectivity index (χ2v) is 3.76. The zero-order valence-electron chi connectivity index (χ0n) is 7.87. The molecule has 1 atom stereocenters. The minimum atomic E-state index is -0.824. The van der Waals surface area contributed by atoms with Gasteiger partial charge in [-0.3, -0.25) is 4.79 Å². The number of carboxylic acid groups (broad SMARTS) is 1. The summed E-state index contributed by atoms with van der Waals surface area (Å²) in [5.41, 5.74) is 2.05. The number of carboxylic acids is 1. The monoisotopic (exact) mass is 247 g/mol. The molecule has 1 aliphatic heterocycles. The summed E-state index contributed by atoms with van der Waals surface area (Å²) in [5, 5.41) is 12.5. The maximum Gasteiger partial charge on any atom is 0.321 e. The maximum absolute atomic E-state index is 10.8. The van der Waals surface area contributed by atoms with Crippen molar-refractivity contribution in [2.45, 2.75) is 19.0 Å². The fourth-order valence-corrected chi connectivity index (χ4v) is 1.95. The second-order valence-electron chi connectivity index (χ2n) is 3.35. The van der Waals surface area contributed by atoms with Crippen molar-refractivity contribution in [2.24, 2.45) is 0 Å². The van der Waals surface area contributed by atoms with Crippen LogP contribution in [-0.4, -0.2) is 17.1 Å². The Balaban J connectivity index is 0.00000112. The van der Waals surface area contributed by atoms with Crippen molar-refractivity contribution in [1.29, 1.82) is 0 Å². The van der Waals surface area contributed by atoms with Crippen LogP contribution in [0.25, 0.3) is 0 Å². The average molecular weight is 248 g/mol. The number of rotatable bonds is 1. The molecule has 82 valence electrons. The van der Waals surface area contributed by atoms with Gasteiger partial charge in [-0.2, -0.15) is 0 Å². The van der Waals surface area contributed by atoms with E-state index in [-0.39, 0.29) is 12.4 Å². The topological polar surface area (TPSA) is 49.3 Å². The molecular weight excluding hydrogens is 237 g/mol. The SMILES string of the molecule is Cl.O=C(O)[C@H]1Cc2c(Cl)cccc2CN1. The van der Waals surface area contributed by atoms with Gasteiger partial charge >= 0.3 is 5.97 Å². The number of hydrogen-bond acceptors (Lipinski definition) is 2. The van der Waals surface area contributed by atoms with Crippen LogP contribution in [0.5, 0.6) is 0 Å². The Morgan fingerprint density at radius 1 is 1.53 bits per heavy atom. The summed E-state index contributed by atoms with van der Waals surface area (Å²) in [4.78, 5) is 10.8. The second kappa shape index (κ2) is 4.84. The van der Waals surface area contributed by atoms with Gasteiger partial charge in [0.2, 0.25) is 0 Å². The van der Waals surface area contributed by atoms with E-state index in [1.807, 2.05) is 12.1 Å². The molecule has 0 aliphatic carbocycles. The highest BCUT2D eigenvalue weighted by Crippen LogP contribution is 2.24. The van der Waals surface area contributed by atoms with Crippen molar-refractivity contribution in [3.63, 3.8) is 0 Å². The number of carbonyl (C=O) groups is 1. The van der Waals surface area contributed by atoms with Gasteiger partial charge in [-0.1, -0.05) is 23.7 Å². The van der Waals surface area contributed by atoms with Crippen molar-refractivity contribution in [3.05, 3.63) is 34.3 Å². The third-order valence-corrected chi connectivity index (χ3v) is 2.82. The minimum Gasteiger partial charge on any atom is -0.480 e. The number of benzene rings is 1. The van der Waals surface area contributed by atoms with E-state index < -0.39 is 12.0 Å². The van der Waals surface area contributed by atoms with Crippen molar-refractivity contribution < 1.29 is 9.90 Å². The third kappa shape index (κ3) is 2.43. The first-order valence-corrected chi connectivity index (χ1v) is 4.78. The molecule has 2 rings (SSSR count). The van der Waals surface area contributed by atoms with Crippen LogP contribution < -0.4 is 5.32 Å². The molecule has 1 aromatic carbocycles. The lowest BCUT2D eigenvalue weighted by Crippen LogP contribution is -2.41. The van der Waals surface area contributed by atoms with Crippen LogP contribution in [0.4, 0.5) is 0 Å². The molecule has 0 amide bonds. The molecule has 0 radical (unpaired) electrons. The van der Waals surface area contributed by atoms with Crippen molar-refractivity contribution >= 4 is 30.0 Å². The van der Waals surface area contributed by atoms with E-state index in [0.29, 0.717) is 18.0 Å². The van der Waals surface area contributed by atoms with Crippen molar-refractivity contribution in [2.75, 3.05) is 0 Å². The van der Waals surface area contributed by atoms with Crippen molar-refractivity contribution in [3.8, 4) is 0 Å². The van der Waals surface area contributed by atoms with Crippen LogP contribution in [0, 0.1) is 0 Å². The van der Waals surface area contributed by atoms with Gasteiger partial charge in [-0.15, -0.1) is 12.4 Å². The van der Waals surface area contributed by atoms with Crippen LogP contribution >= 0.6 is 24.0 Å². The Bertz CT molecular complexity index is 382. The predicted octanol–water partition coefficient (Wildman–Crippen LogP) is 1.86. The molecule has 0 saturated carbocycles. The van der Waals surface area contributed by atoms with Gasteiger partial charge in [-0.25, -0.2) is 0 Å². The van der Waals surface area contributed by atoms with E-state index in [9.17, 15) is 4.79 Å². The van der Waals surface area contributed by atoms with Gasteiger partial charge in [0.15, 0.2) is 0 Å². The summed E-state index contributed by atoms with van der Waals surface area (Å²) in [5.74, 6) is -0.824. The molecule has 1 aromatic rings. The molecule has 2 N–H and O–H groups in total. The third-order valence-electron chi connectivity index (χ3n) is 2.46. The molecule has 0 saturated heterocycles. The quantitative estimate of drug-likeness (QED) is 0.797. The van der Waals surface area contributed by atoms with Gasteiger partial charge in [0.1, 0.15) is 6.04 Å². The zero-order valence-corrected chi connectivity index (χ0v) is 9.44. The summed E-state index contributed by atoms with van der Waals surface area (Å²) in [6, 6.07) is 5.13. The molecule has 15 heavy (non-hydrogen) atoms. The first kappa shape index (κ1) is 12.3. The lowest BCUT2D eigenvalue weighted by molar-refractivity contribution is -0.139. The summed E-state index contributed by atoms with van der Waals surface area (Å²) in [6.07, 6.45) is 0.463. The Hall–Kier alpha value is -0.770. The van der Waals surface area contributed by atoms with Gasteiger partial charge < -0.3 is 10.4 Å². The van der Waals surface area contributed by atoms with Gasteiger partial charge in [0.25, 0.3) is 0 Å². The molecule has 0 bridgehead atoms. The highest BCUT2D eigenvalue weighted by Gasteiger charge is 2.24.